The zero-order valence-corrected chi connectivity index (χ0v) is 8.68. The molecule has 5 nitrogen and oxygen atoms in total. The lowest BCUT2D eigenvalue weighted by atomic mass is 10.2. The fourth-order valence-electron chi connectivity index (χ4n) is 1.27. The number of rotatable bonds is 5. The van der Waals surface area contributed by atoms with Crippen molar-refractivity contribution in [1.29, 1.82) is 0 Å². The number of aromatic nitrogens is 1. The zero-order valence-electron chi connectivity index (χ0n) is 8.68. The van der Waals surface area contributed by atoms with Gasteiger partial charge in [0.1, 0.15) is 0 Å². The van der Waals surface area contributed by atoms with E-state index in [0.29, 0.717) is 13.1 Å². The number of nitrogens with zero attached hydrogens (tertiary/aromatic N) is 2. The van der Waals surface area contributed by atoms with E-state index in [1.165, 1.54) is 12.3 Å². The first-order chi connectivity index (χ1) is 7.13. The van der Waals surface area contributed by atoms with E-state index in [1.807, 2.05) is 11.9 Å². The predicted octanol–water partition coefficient (Wildman–Crippen LogP) is 0.170. The fraction of sp³-hybridized carbons (Fsp3) is 0.400. The summed E-state index contributed by atoms with van der Waals surface area (Å²) in [6, 6.07) is 3.06. The van der Waals surface area contributed by atoms with Gasteiger partial charge in [-0.15, -0.1) is 0 Å². The molecule has 5 heteroatoms. The van der Waals surface area contributed by atoms with Gasteiger partial charge in [-0.1, -0.05) is 0 Å². The third-order valence-corrected chi connectivity index (χ3v) is 2.01. The van der Waals surface area contributed by atoms with Crippen LogP contribution in [0.2, 0.25) is 0 Å². The van der Waals surface area contributed by atoms with E-state index in [-0.39, 0.29) is 5.56 Å². The molecule has 0 saturated carbocycles. The number of pyridine rings is 1. The van der Waals surface area contributed by atoms with Crippen molar-refractivity contribution in [2.45, 2.75) is 6.54 Å². The van der Waals surface area contributed by atoms with Crippen LogP contribution in [0, 0.1) is 0 Å². The second kappa shape index (κ2) is 5.43. The summed E-state index contributed by atoms with van der Waals surface area (Å²) < 4.78 is 0. The smallest absolute Gasteiger partial charge is 0.335 e. The van der Waals surface area contributed by atoms with Crippen LogP contribution in [0.5, 0.6) is 0 Å². The summed E-state index contributed by atoms with van der Waals surface area (Å²) in [6.07, 6.45) is 1.51. The molecule has 0 radical (unpaired) electrons. The second-order valence-electron chi connectivity index (χ2n) is 3.37. The van der Waals surface area contributed by atoms with Crippen molar-refractivity contribution in [1.82, 2.24) is 9.88 Å². The molecule has 0 aliphatic carbocycles. The summed E-state index contributed by atoms with van der Waals surface area (Å²) >= 11 is 0. The lowest BCUT2D eigenvalue weighted by Crippen LogP contribution is -2.25. The highest BCUT2D eigenvalue weighted by molar-refractivity contribution is 5.87. The average molecular weight is 209 g/mol. The Bertz CT molecular complexity index is 341. The molecule has 0 aromatic carbocycles. The summed E-state index contributed by atoms with van der Waals surface area (Å²) in [7, 11) is 1.92. The van der Waals surface area contributed by atoms with Crippen LogP contribution in [-0.4, -0.2) is 41.1 Å². The number of aromatic carboxylic acids is 1. The monoisotopic (exact) mass is 209 g/mol. The molecule has 0 aliphatic rings. The Labute approximate surface area is 88.5 Å². The third kappa shape index (κ3) is 3.65. The highest BCUT2D eigenvalue weighted by Crippen LogP contribution is 2.04. The fourth-order valence-corrected chi connectivity index (χ4v) is 1.27. The molecule has 1 rings (SSSR count). The van der Waals surface area contributed by atoms with Crippen LogP contribution in [0.25, 0.3) is 0 Å². The van der Waals surface area contributed by atoms with E-state index in [9.17, 15) is 4.79 Å². The van der Waals surface area contributed by atoms with Crippen LogP contribution in [0.4, 0.5) is 0 Å². The molecule has 1 aromatic rings. The van der Waals surface area contributed by atoms with Crippen LogP contribution in [0.15, 0.2) is 18.3 Å². The van der Waals surface area contributed by atoms with Crippen molar-refractivity contribution < 1.29 is 9.90 Å². The van der Waals surface area contributed by atoms with Gasteiger partial charge in [-0.25, -0.2) is 4.79 Å². The van der Waals surface area contributed by atoms with Gasteiger partial charge in [0.2, 0.25) is 0 Å². The summed E-state index contributed by atoms with van der Waals surface area (Å²) in [6.45, 7) is 1.95. The predicted molar refractivity (Wildman–Crippen MR) is 56.6 cm³/mol. The van der Waals surface area contributed by atoms with Crippen molar-refractivity contribution >= 4 is 5.97 Å². The highest BCUT2D eigenvalue weighted by atomic mass is 16.4. The molecule has 1 aromatic heterocycles. The molecular weight excluding hydrogens is 194 g/mol. The molecule has 3 N–H and O–H groups in total. The van der Waals surface area contributed by atoms with Crippen molar-refractivity contribution in [3.8, 4) is 0 Å². The Kier molecular flexibility index (Phi) is 4.20. The molecule has 0 amide bonds. The van der Waals surface area contributed by atoms with Crippen LogP contribution in [-0.2, 0) is 6.54 Å². The van der Waals surface area contributed by atoms with Gasteiger partial charge >= 0.3 is 5.97 Å². The molecule has 1 heterocycles. The standard InChI is InChI=1S/C10H15N3O2/c1-13(5-3-11)7-9-6-8(10(14)15)2-4-12-9/h2,4,6H,3,5,7,11H2,1H3,(H,14,15). The minimum absolute atomic E-state index is 0.265. The Hall–Kier alpha value is -1.46. The van der Waals surface area contributed by atoms with Crippen molar-refractivity contribution in [3.63, 3.8) is 0 Å². The van der Waals surface area contributed by atoms with E-state index in [4.69, 9.17) is 10.8 Å². The number of carbonyl (C=O) groups is 1. The maximum absolute atomic E-state index is 10.7. The topological polar surface area (TPSA) is 79.5 Å². The molecule has 0 bridgehead atoms. The van der Waals surface area contributed by atoms with Gasteiger partial charge in [0.15, 0.2) is 0 Å². The molecule has 15 heavy (non-hydrogen) atoms. The molecule has 0 unspecified atom stereocenters. The van der Waals surface area contributed by atoms with Crippen molar-refractivity contribution in [2.24, 2.45) is 5.73 Å². The van der Waals surface area contributed by atoms with Crippen LogP contribution >= 0.6 is 0 Å². The van der Waals surface area contributed by atoms with Gasteiger partial charge < -0.3 is 10.8 Å². The van der Waals surface area contributed by atoms with Gasteiger partial charge in [-0.3, -0.25) is 9.88 Å². The van der Waals surface area contributed by atoms with E-state index in [2.05, 4.69) is 4.98 Å². The lowest BCUT2D eigenvalue weighted by Gasteiger charge is -2.14. The molecule has 0 aliphatic heterocycles. The quantitative estimate of drug-likeness (QED) is 0.722. The molecule has 0 spiro atoms. The van der Waals surface area contributed by atoms with E-state index >= 15 is 0 Å². The Morgan fingerprint density at radius 2 is 2.40 bits per heavy atom. The number of hydrogen-bond acceptors (Lipinski definition) is 4. The number of likely N-dealkylation sites (N-methyl/N-ethyl adjacent to an activating group) is 1. The van der Waals surface area contributed by atoms with E-state index in [0.717, 1.165) is 12.2 Å². The van der Waals surface area contributed by atoms with Crippen LogP contribution in [0.1, 0.15) is 16.1 Å². The zero-order chi connectivity index (χ0) is 11.3. The number of nitrogens with two attached hydrogens (primary N) is 1. The third-order valence-electron chi connectivity index (χ3n) is 2.01. The maximum Gasteiger partial charge on any atom is 0.335 e. The maximum atomic E-state index is 10.7. The highest BCUT2D eigenvalue weighted by Gasteiger charge is 2.05. The average Bonchev–Trinajstić information content (AvgIpc) is 2.18. The van der Waals surface area contributed by atoms with Crippen LogP contribution < -0.4 is 5.73 Å². The number of carboxylic acids is 1. The Morgan fingerprint density at radius 3 is 3.00 bits per heavy atom. The molecule has 0 atom stereocenters. The first-order valence-corrected chi connectivity index (χ1v) is 4.70. The summed E-state index contributed by atoms with van der Waals surface area (Å²) in [5, 5.41) is 8.79. The molecule has 82 valence electrons. The summed E-state index contributed by atoms with van der Waals surface area (Å²) in [5.41, 5.74) is 6.41. The van der Waals surface area contributed by atoms with E-state index in [1.54, 1.807) is 6.07 Å². The molecule has 0 saturated heterocycles. The Morgan fingerprint density at radius 1 is 1.67 bits per heavy atom. The largest absolute Gasteiger partial charge is 0.478 e. The molecular formula is C10H15N3O2. The Balaban J connectivity index is 2.69. The summed E-state index contributed by atoms with van der Waals surface area (Å²) in [5.74, 6) is -0.930. The SMILES string of the molecule is CN(CCN)Cc1cc(C(=O)O)ccn1. The van der Waals surface area contributed by atoms with Gasteiger partial charge in [-0.2, -0.15) is 0 Å². The van der Waals surface area contributed by atoms with Crippen LogP contribution in [0.3, 0.4) is 0 Å². The van der Waals surface area contributed by atoms with Gasteiger partial charge in [0, 0.05) is 25.8 Å². The second-order valence-corrected chi connectivity index (χ2v) is 3.37. The number of hydrogen-bond donors (Lipinski definition) is 2. The van der Waals surface area contributed by atoms with Gasteiger partial charge in [0.25, 0.3) is 0 Å². The van der Waals surface area contributed by atoms with Gasteiger partial charge in [0.05, 0.1) is 11.3 Å². The number of carboxylic acid groups (broad SMARTS) is 1. The molecule has 0 fully saturated rings. The van der Waals surface area contributed by atoms with E-state index < -0.39 is 5.97 Å². The summed E-state index contributed by atoms with van der Waals surface area (Å²) in [4.78, 5) is 16.8. The minimum atomic E-state index is -0.930. The first-order valence-electron chi connectivity index (χ1n) is 4.70. The van der Waals surface area contributed by atoms with Gasteiger partial charge in [-0.05, 0) is 19.2 Å². The lowest BCUT2D eigenvalue weighted by molar-refractivity contribution is 0.0696. The van der Waals surface area contributed by atoms with Crippen molar-refractivity contribution in [2.75, 3.05) is 20.1 Å². The normalized spacial score (nSPS) is 10.6. The minimum Gasteiger partial charge on any atom is -0.478 e. The van der Waals surface area contributed by atoms with Crippen molar-refractivity contribution in [3.05, 3.63) is 29.6 Å². The first kappa shape index (κ1) is 11.6.